The van der Waals surface area contributed by atoms with Gasteiger partial charge in [0.15, 0.2) is 11.6 Å². The monoisotopic (exact) mass is 297 g/mol. The standard InChI is InChI=1S/C15H24FN3O2/c1-9(2)19-15(20)5-6-18-13-8-14(21-10(3)4)11(16)7-12(13)17/h7-10,18H,5-6,17H2,1-4H3,(H,19,20). The third kappa shape index (κ3) is 5.89. The van der Waals surface area contributed by atoms with Crippen molar-refractivity contribution in [2.45, 2.75) is 46.3 Å². The van der Waals surface area contributed by atoms with Gasteiger partial charge in [0.1, 0.15) is 0 Å². The molecule has 0 unspecified atom stereocenters. The molecule has 0 aliphatic heterocycles. The molecule has 0 aromatic heterocycles. The van der Waals surface area contributed by atoms with Gasteiger partial charge in [0.25, 0.3) is 0 Å². The van der Waals surface area contributed by atoms with E-state index in [2.05, 4.69) is 10.6 Å². The fourth-order valence-corrected chi connectivity index (χ4v) is 1.77. The van der Waals surface area contributed by atoms with Gasteiger partial charge >= 0.3 is 0 Å². The summed E-state index contributed by atoms with van der Waals surface area (Å²) in [5, 5.41) is 5.82. The van der Waals surface area contributed by atoms with Gasteiger partial charge in [-0.2, -0.15) is 0 Å². The second kappa shape index (κ2) is 7.71. The number of nitrogens with two attached hydrogens (primary N) is 1. The Morgan fingerprint density at radius 2 is 2.00 bits per heavy atom. The molecule has 5 nitrogen and oxygen atoms in total. The average Bonchev–Trinajstić information content (AvgIpc) is 2.33. The molecular weight excluding hydrogens is 273 g/mol. The van der Waals surface area contributed by atoms with Gasteiger partial charge in [0.2, 0.25) is 5.91 Å². The van der Waals surface area contributed by atoms with Crippen LogP contribution in [0.3, 0.4) is 0 Å². The largest absolute Gasteiger partial charge is 0.488 e. The molecule has 0 bridgehead atoms. The summed E-state index contributed by atoms with van der Waals surface area (Å²) in [6.07, 6.45) is 0.183. The lowest BCUT2D eigenvalue weighted by Gasteiger charge is -2.15. The number of rotatable bonds is 7. The summed E-state index contributed by atoms with van der Waals surface area (Å²) in [5.41, 5.74) is 6.60. The molecule has 0 spiro atoms. The minimum absolute atomic E-state index is 0.0446. The third-order valence-electron chi connectivity index (χ3n) is 2.58. The van der Waals surface area contributed by atoms with Gasteiger partial charge in [0, 0.05) is 31.1 Å². The highest BCUT2D eigenvalue weighted by Gasteiger charge is 2.11. The van der Waals surface area contributed by atoms with Crippen molar-refractivity contribution in [3.05, 3.63) is 17.9 Å². The lowest BCUT2D eigenvalue weighted by Crippen LogP contribution is -2.31. The van der Waals surface area contributed by atoms with Gasteiger partial charge in [-0.1, -0.05) is 0 Å². The van der Waals surface area contributed by atoms with Gasteiger partial charge in [-0.05, 0) is 27.7 Å². The zero-order valence-corrected chi connectivity index (χ0v) is 13.0. The van der Waals surface area contributed by atoms with E-state index in [0.717, 1.165) is 0 Å². The molecule has 21 heavy (non-hydrogen) atoms. The highest BCUT2D eigenvalue weighted by atomic mass is 19.1. The van der Waals surface area contributed by atoms with Crippen LogP contribution in [0.1, 0.15) is 34.1 Å². The maximum atomic E-state index is 13.7. The second-order valence-corrected chi connectivity index (χ2v) is 5.44. The number of carbonyl (C=O) groups excluding carboxylic acids is 1. The number of hydrogen-bond donors (Lipinski definition) is 3. The van der Waals surface area contributed by atoms with Crippen LogP contribution in [0.4, 0.5) is 15.8 Å². The van der Waals surface area contributed by atoms with E-state index in [1.165, 1.54) is 12.1 Å². The summed E-state index contributed by atoms with van der Waals surface area (Å²) in [4.78, 5) is 11.5. The molecule has 0 saturated heterocycles. The topological polar surface area (TPSA) is 76.4 Å². The first kappa shape index (κ1) is 17.1. The van der Waals surface area contributed by atoms with E-state index in [9.17, 15) is 9.18 Å². The maximum Gasteiger partial charge on any atom is 0.221 e. The van der Waals surface area contributed by atoms with Crippen LogP contribution in [-0.2, 0) is 4.79 Å². The molecule has 0 fully saturated rings. The fraction of sp³-hybridized carbons (Fsp3) is 0.533. The van der Waals surface area contributed by atoms with Gasteiger partial charge in [-0.25, -0.2) is 4.39 Å². The Labute approximate surface area is 125 Å². The predicted octanol–water partition coefficient (Wildman–Crippen LogP) is 2.52. The van der Waals surface area contributed by atoms with Gasteiger partial charge < -0.3 is 21.1 Å². The summed E-state index contributed by atoms with van der Waals surface area (Å²) in [6.45, 7) is 7.85. The Balaban J connectivity index is 2.64. The number of halogens is 1. The molecule has 0 aliphatic rings. The van der Waals surface area contributed by atoms with Crippen LogP contribution >= 0.6 is 0 Å². The van der Waals surface area contributed by atoms with Crippen LogP contribution in [-0.4, -0.2) is 24.6 Å². The molecule has 0 atom stereocenters. The molecule has 0 radical (unpaired) electrons. The van der Waals surface area contributed by atoms with E-state index in [-0.39, 0.29) is 29.5 Å². The normalized spacial score (nSPS) is 10.8. The lowest BCUT2D eigenvalue weighted by molar-refractivity contribution is -0.121. The van der Waals surface area contributed by atoms with Crippen molar-refractivity contribution in [2.24, 2.45) is 0 Å². The number of nitrogens with one attached hydrogen (secondary N) is 2. The summed E-state index contributed by atoms with van der Waals surface area (Å²) in [5.74, 6) is -0.394. The Bertz CT molecular complexity index is 490. The van der Waals surface area contributed by atoms with E-state index < -0.39 is 5.82 Å². The van der Waals surface area contributed by atoms with Crippen molar-refractivity contribution in [1.82, 2.24) is 5.32 Å². The predicted molar refractivity (Wildman–Crippen MR) is 83.0 cm³/mol. The van der Waals surface area contributed by atoms with Crippen molar-refractivity contribution < 1.29 is 13.9 Å². The zero-order chi connectivity index (χ0) is 16.0. The average molecular weight is 297 g/mol. The van der Waals surface area contributed by atoms with Crippen LogP contribution in [0.2, 0.25) is 0 Å². The fourth-order valence-electron chi connectivity index (χ4n) is 1.77. The summed E-state index contributed by atoms with van der Waals surface area (Å²) in [7, 11) is 0. The number of anilines is 2. The van der Waals surface area contributed by atoms with Crippen molar-refractivity contribution in [3.8, 4) is 5.75 Å². The molecule has 0 aliphatic carbocycles. The number of carbonyl (C=O) groups is 1. The van der Waals surface area contributed by atoms with Gasteiger partial charge in [0.05, 0.1) is 17.5 Å². The number of ether oxygens (including phenoxy) is 1. The van der Waals surface area contributed by atoms with Crippen LogP contribution in [0, 0.1) is 5.82 Å². The summed E-state index contributed by atoms with van der Waals surface area (Å²) in [6, 6.07) is 2.85. The lowest BCUT2D eigenvalue weighted by atomic mass is 10.2. The minimum Gasteiger partial charge on any atom is -0.488 e. The highest BCUT2D eigenvalue weighted by molar-refractivity contribution is 5.77. The Morgan fingerprint density at radius 1 is 1.33 bits per heavy atom. The van der Waals surface area contributed by atoms with Crippen molar-refractivity contribution in [1.29, 1.82) is 0 Å². The van der Waals surface area contributed by atoms with E-state index in [1.54, 1.807) is 0 Å². The summed E-state index contributed by atoms with van der Waals surface area (Å²) >= 11 is 0. The number of nitrogen functional groups attached to an aromatic ring is 1. The molecule has 1 amide bonds. The molecule has 118 valence electrons. The maximum absolute atomic E-state index is 13.7. The SMILES string of the molecule is CC(C)NC(=O)CCNc1cc(OC(C)C)c(F)cc1N. The Morgan fingerprint density at radius 3 is 2.57 bits per heavy atom. The first-order valence-corrected chi connectivity index (χ1v) is 7.08. The minimum atomic E-state index is -0.496. The zero-order valence-electron chi connectivity index (χ0n) is 13.0. The van der Waals surface area contributed by atoms with Crippen LogP contribution in [0.25, 0.3) is 0 Å². The first-order valence-electron chi connectivity index (χ1n) is 7.08. The van der Waals surface area contributed by atoms with E-state index in [1.807, 2.05) is 27.7 Å². The van der Waals surface area contributed by atoms with Crippen molar-refractivity contribution in [3.63, 3.8) is 0 Å². The number of benzene rings is 1. The molecule has 4 N–H and O–H groups in total. The summed E-state index contributed by atoms with van der Waals surface area (Å²) < 4.78 is 19.1. The quantitative estimate of drug-likeness (QED) is 0.676. The second-order valence-electron chi connectivity index (χ2n) is 5.44. The highest BCUT2D eigenvalue weighted by Crippen LogP contribution is 2.28. The van der Waals surface area contributed by atoms with Gasteiger partial charge in [-0.15, -0.1) is 0 Å². The number of hydrogen-bond acceptors (Lipinski definition) is 4. The molecular formula is C15H24FN3O2. The van der Waals surface area contributed by atoms with Crippen molar-refractivity contribution in [2.75, 3.05) is 17.6 Å². The molecule has 1 aromatic carbocycles. The Hall–Kier alpha value is -1.98. The van der Waals surface area contributed by atoms with Crippen LogP contribution in [0.5, 0.6) is 5.75 Å². The number of amides is 1. The third-order valence-corrected chi connectivity index (χ3v) is 2.58. The van der Waals surface area contributed by atoms with Crippen LogP contribution < -0.4 is 21.1 Å². The first-order chi connectivity index (χ1) is 9.79. The van der Waals surface area contributed by atoms with E-state index in [0.29, 0.717) is 18.7 Å². The molecule has 1 aromatic rings. The Kier molecular flexibility index (Phi) is 6.27. The molecule has 0 saturated carbocycles. The van der Waals surface area contributed by atoms with Crippen molar-refractivity contribution >= 4 is 17.3 Å². The smallest absolute Gasteiger partial charge is 0.221 e. The molecule has 1 rings (SSSR count). The van der Waals surface area contributed by atoms with Crippen LogP contribution in [0.15, 0.2) is 12.1 Å². The van der Waals surface area contributed by atoms with E-state index in [4.69, 9.17) is 10.5 Å². The van der Waals surface area contributed by atoms with E-state index >= 15 is 0 Å². The van der Waals surface area contributed by atoms with Gasteiger partial charge in [-0.3, -0.25) is 4.79 Å². The molecule has 0 heterocycles. The molecule has 6 heteroatoms.